The van der Waals surface area contributed by atoms with Crippen LogP contribution in [-0.4, -0.2) is 0 Å². The number of hydrogen-bond donors (Lipinski definition) is 0. The standard InChI is InChI=1S/C36H22F2/c37-29-16-11-24(12-17-29)27-15-20-33-34(22-27)35(25-13-18-30(38)19-14-25)31-7-3-4-8-32(31)36(33)28-10-9-23-5-1-2-6-26(23)21-28/h1-22H. The zero-order valence-electron chi connectivity index (χ0n) is 20.5. The maximum atomic E-state index is 13.9. The second-order valence-corrected chi connectivity index (χ2v) is 9.63. The first-order chi connectivity index (χ1) is 18.7. The fourth-order valence-corrected chi connectivity index (χ4v) is 5.58. The molecule has 0 saturated heterocycles. The van der Waals surface area contributed by atoms with Crippen molar-refractivity contribution in [3.05, 3.63) is 145 Å². The van der Waals surface area contributed by atoms with Crippen molar-refractivity contribution in [2.24, 2.45) is 0 Å². The van der Waals surface area contributed by atoms with Crippen LogP contribution in [0.1, 0.15) is 0 Å². The summed E-state index contributed by atoms with van der Waals surface area (Å²) in [7, 11) is 0. The van der Waals surface area contributed by atoms with Crippen molar-refractivity contribution in [1.29, 1.82) is 0 Å². The molecular formula is C36H22F2. The Kier molecular flexibility index (Phi) is 5.26. The molecule has 0 fully saturated rings. The second-order valence-electron chi connectivity index (χ2n) is 9.63. The highest BCUT2D eigenvalue weighted by atomic mass is 19.1. The molecule has 180 valence electrons. The Morgan fingerprint density at radius 3 is 1.50 bits per heavy atom. The highest BCUT2D eigenvalue weighted by Crippen LogP contribution is 2.45. The molecule has 38 heavy (non-hydrogen) atoms. The first kappa shape index (κ1) is 22.4. The van der Waals surface area contributed by atoms with Crippen molar-refractivity contribution < 1.29 is 8.78 Å². The topological polar surface area (TPSA) is 0 Å². The molecule has 2 heteroatoms. The molecule has 0 unspecified atom stereocenters. The van der Waals surface area contributed by atoms with Crippen LogP contribution in [0, 0.1) is 11.6 Å². The molecular weight excluding hydrogens is 470 g/mol. The summed E-state index contributed by atoms with van der Waals surface area (Å²) in [6.45, 7) is 0. The van der Waals surface area contributed by atoms with E-state index in [0.29, 0.717) is 0 Å². The number of hydrogen-bond acceptors (Lipinski definition) is 0. The molecule has 0 aromatic heterocycles. The van der Waals surface area contributed by atoms with Gasteiger partial charge in [0.05, 0.1) is 0 Å². The third kappa shape index (κ3) is 3.74. The van der Waals surface area contributed by atoms with Gasteiger partial charge in [-0.25, -0.2) is 8.78 Å². The van der Waals surface area contributed by atoms with E-state index >= 15 is 0 Å². The Bertz CT molecular complexity index is 1970. The van der Waals surface area contributed by atoms with Crippen molar-refractivity contribution in [2.75, 3.05) is 0 Å². The van der Waals surface area contributed by atoms with Crippen LogP contribution >= 0.6 is 0 Å². The lowest BCUT2D eigenvalue weighted by molar-refractivity contribution is 0.627. The van der Waals surface area contributed by atoms with Crippen LogP contribution in [0.15, 0.2) is 133 Å². The normalized spacial score (nSPS) is 11.4. The minimum absolute atomic E-state index is 0.258. The van der Waals surface area contributed by atoms with Gasteiger partial charge < -0.3 is 0 Å². The van der Waals surface area contributed by atoms with E-state index in [1.165, 1.54) is 35.0 Å². The quantitative estimate of drug-likeness (QED) is 0.215. The maximum Gasteiger partial charge on any atom is 0.123 e. The Morgan fingerprint density at radius 2 is 0.816 bits per heavy atom. The first-order valence-electron chi connectivity index (χ1n) is 12.7. The van der Waals surface area contributed by atoms with Gasteiger partial charge in [0.15, 0.2) is 0 Å². The zero-order chi connectivity index (χ0) is 25.6. The summed E-state index contributed by atoms with van der Waals surface area (Å²) in [6.07, 6.45) is 0. The molecule has 0 nitrogen and oxygen atoms in total. The number of halogens is 2. The van der Waals surface area contributed by atoms with E-state index in [1.54, 1.807) is 12.1 Å². The average Bonchev–Trinajstić information content (AvgIpc) is 2.96. The lowest BCUT2D eigenvalue weighted by Gasteiger charge is -2.19. The van der Waals surface area contributed by atoms with Gasteiger partial charge in [-0.2, -0.15) is 0 Å². The maximum absolute atomic E-state index is 13.9. The molecule has 0 saturated carbocycles. The van der Waals surface area contributed by atoms with E-state index in [2.05, 4.69) is 84.9 Å². The lowest BCUT2D eigenvalue weighted by atomic mass is 9.84. The van der Waals surface area contributed by atoms with Crippen molar-refractivity contribution in [3.8, 4) is 33.4 Å². The van der Waals surface area contributed by atoms with Crippen molar-refractivity contribution in [2.45, 2.75) is 0 Å². The van der Waals surface area contributed by atoms with Gasteiger partial charge in [0.1, 0.15) is 11.6 Å². The third-order valence-corrected chi connectivity index (χ3v) is 7.37. The first-order valence-corrected chi connectivity index (χ1v) is 12.7. The highest BCUT2D eigenvalue weighted by Gasteiger charge is 2.18. The molecule has 0 aliphatic rings. The van der Waals surface area contributed by atoms with E-state index in [9.17, 15) is 8.78 Å². The van der Waals surface area contributed by atoms with Crippen LogP contribution in [0.3, 0.4) is 0 Å². The smallest absolute Gasteiger partial charge is 0.123 e. The Balaban J connectivity index is 1.61. The Morgan fingerprint density at radius 1 is 0.316 bits per heavy atom. The van der Waals surface area contributed by atoms with Gasteiger partial charge in [0.25, 0.3) is 0 Å². The van der Waals surface area contributed by atoms with Crippen LogP contribution in [-0.2, 0) is 0 Å². The molecule has 7 rings (SSSR count). The van der Waals surface area contributed by atoms with Gasteiger partial charge in [-0.1, -0.05) is 97.1 Å². The largest absolute Gasteiger partial charge is 0.207 e. The molecule has 0 aliphatic heterocycles. The molecule has 7 aromatic carbocycles. The molecule has 0 amide bonds. The minimum Gasteiger partial charge on any atom is -0.207 e. The minimum atomic E-state index is -0.262. The summed E-state index contributed by atoms with van der Waals surface area (Å²) in [5, 5.41) is 6.82. The van der Waals surface area contributed by atoms with E-state index < -0.39 is 0 Å². The van der Waals surface area contributed by atoms with E-state index in [1.807, 2.05) is 12.1 Å². The summed E-state index contributed by atoms with van der Waals surface area (Å²) in [4.78, 5) is 0. The van der Waals surface area contributed by atoms with Gasteiger partial charge in [0.2, 0.25) is 0 Å². The van der Waals surface area contributed by atoms with Gasteiger partial charge in [0, 0.05) is 0 Å². The van der Waals surface area contributed by atoms with Crippen LogP contribution in [0.25, 0.3) is 65.7 Å². The van der Waals surface area contributed by atoms with Crippen molar-refractivity contribution in [1.82, 2.24) is 0 Å². The van der Waals surface area contributed by atoms with Crippen LogP contribution in [0.2, 0.25) is 0 Å². The number of fused-ring (bicyclic) bond motifs is 3. The van der Waals surface area contributed by atoms with Gasteiger partial charge >= 0.3 is 0 Å². The molecule has 0 radical (unpaired) electrons. The van der Waals surface area contributed by atoms with Crippen LogP contribution in [0.5, 0.6) is 0 Å². The monoisotopic (exact) mass is 492 g/mol. The Hall–Kier alpha value is -4.82. The third-order valence-electron chi connectivity index (χ3n) is 7.37. The van der Waals surface area contributed by atoms with Crippen LogP contribution in [0.4, 0.5) is 8.78 Å². The SMILES string of the molecule is Fc1ccc(-c2ccc3c(-c4ccc5ccccc5c4)c4ccccc4c(-c4ccc(F)cc4)c3c2)cc1. The molecule has 0 N–H and O–H groups in total. The van der Waals surface area contributed by atoms with Crippen LogP contribution < -0.4 is 0 Å². The average molecular weight is 493 g/mol. The summed E-state index contributed by atoms with van der Waals surface area (Å²) in [5.74, 6) is -0.520. The summed E-state index contributed by atoms with van der Waals surface area (Å²) in [5.41, 5.74) is 6.26. The highest BCUT2D eigenvalue weighted by molar-refractivity contribution is 6.22. The molecule has 0 spiro atoms. The fraction of sp³-hybridized carbons (Fsp3) is 0. The lowest BCUT2D eigenvalue weighted by Crippen LogP contribution is -1.92. The zero-order valence-corrected chi connectivity index (χ0v) is 20.5. The van der Waals surface area contributed by atoms with Crippen molar-refractivity contribution >= 4 is 32.3 Å². The summed E-state index contributed by atoms with van der Waals surface area (Å²) < 4.78 is 27.6. The fourth-order valence-electron chi connectivity index (χ4n) is 5.58. The van der Waals surface area contributed by atoms with E-state index in [0.717, 1.165) is 54.9 Å². The summed E-state index contributed by atoms with van der Waals surface area (Å²) in [6, 6.07) is 43.2. The van der Waals surface area contributed by atoms with E-state index in [-0.39, 0.29) is 11.6 Å². The van der Waals surface area contributed by atoms with Gasteiger partial charge in [-0.15, -0.1) is 0 Å². The molecule has 0 aliphatic carbocycles. The van der Waals surface area contributed by atoms with Crippen molar-refractivity contribution in [3.63, 3.8) is 0 Å². The predicted molar refractivity (Wildman–Crippen MR) is 155 cm³/mol. The second kappa shape index (κ2) is 8.93. The predicted octanol–water partition coefficient (Wildman–Crippen LogP) is 10.4. The van der Waals surface area contributed by atoms with Gasteiger partial charge in [-0.3, -0.25) is 0 Å². The van der Waals surface area contributed by atoms with E-state index in [4.69, 9.17) is 0 Å². The Labute approximate surface area is 219 Å². The summed E-state index contributed by atoms with van der Waals surface area (Å²) >= 11 is 0. The van der Waals surface area contributed by atoms with Gasteiger partial charge in [-0.05, 0) is 102 Å². The molecule has 0 atom stereocenters. The number of rotatable bonds is 3. The molecule has 7 aromatic rings. The molecule has 0 heterocycles. The molecule has 0 bridgehead atoms. The number of benzene rings is 7.